The molecule has 0 bridgehead atoms. The topological polar surface area (TPSA) is 29.5 Å². The van der Waals surface area contributed by atoms with Gasteiger partial charge >= 0.3 is 0 Å². The van der Waals surface area contributed by atoms with Crippen LogP contribution in [0.2, 0.25) is 0 Å². The quantitative estimate of drug-likeness (QED) is 0.571. The summed E-state index contributed by atoms with van der Waals surface area (Å²) in [6.45, 7) is 1.74. The normalized spacial score (nSPS) is 12.9. The molecule has 0 saturated carbocycles. The van der Waals surface area contributed by atoms with Crippen LogP contribution in [-0.2, 0) is 6.54 Å². The zero-order chi connectivity index (χ0) is 18.6. The number of nitrogens with zero attached hydrogens (tertiary/aromatic N) is 1. The lowest BCUT2D eigenvalue weighted by Gasteiger charge is -2.32. The van der Waals surface area contributed by atoms with Gasteiger partial charge in [-0.2, -0.15) is 0 Å². The molecule has 4 heteroatoms. The molecular formula is C22H25BrNO2+. The van der Waals surface area contributed by atoms with Crippen LogP contribution in [0.4, 0.5) is 0 Å². The highest BCUT2D eigenvalue weighted by atomic mass is 79.9. The maximum Gasteiger partial charge on any atom is 0.137 e. The summed E-state index contributed by atoms with van der Waals surface area (Å²) in [4.78, 5) is 0. The van der Waals surface area contributed by atoms with E-state index in [2.05, 4.69) is 54.3 Å². The summed E-state index contributed by atoms with van der Waals surface area (Å²) in [6.07, 6.45) is -0.536. The lowest BCUT2D eigenvalue weighted by atomic mass is 10.1. The number of likely N-dealkylation sites (N-methyl/N-ethyl adjacent to an activating group) is 1. The summed E-state index contributed by atoms with van der Waals surface area (Å²) in [6, 6.07) is 22.4. The van der Waals surface area contributed by atoms with E-state index in [0.717, 1.165) is 27.5 Å². The van der Waals surface area contributed by atoms with Crippen LogP contribution in [0.3, 0.4) is 0 Å². The van der Waals surface area contributed by atoms with E-state index in [1.807, 2.05) is 42.5 Å². The molecule has 3 rings (SSSR count). The molecule has 0 amide bonds. The van der Waals surface area contributed by atoms with Gasteiger partial charge in [0.25, 0.3) is 0 Å². The minimum atomic E-state index is -0.536. The Morgan fingerprint density at radius 2 is 1.65 bits per heavy atom. The molecule has 0 radical (unpaired) electrons. The molecule has 0 aliphatic rings. The van der Waals surface area contributed by atoms with Crippen molar-refractivity contribution in [2.75, 3.05) is 27.2 Å². The van der Waals surface area contributed by atoms with E-state index in [-0.39, 0.29) is 6.61 Å². The first kappa shape index (κ1) is 18.9. The van der Waals surface area contributed by atoms with Gasteiger partial charge in [-0.3, -0.25) is 0 Å². The number of aliphatic hydroxyl groups excluding tert-OH is 1. The van der Waals surface area contributed by atoms with E-state index in [1.165, 1.54) is 5.56 Å². The fourth-order valence-electron chi connectivity index (χ4n) is 3.28. The largest absolute Gasteiger partial charge is 0.490 e. The third-order valence-electron chi connectivity index (χ3n) is 4.44. The lowest BCUT2D eigenvalue weighted by Crippen LogP contribution is -2.46. The third kappa shape index (κ3) is 4.85. The molecule has 3 nitrogen and oxygen atoms in total. The Bertz CT molecular complexity index is 873. The Hall–Kier alpha value is -1.88. The van der Waals surface area contributed by atoms with E-state index >= 15 is 0 Å². The van der Waals surface area contributed by atoms with Gasteiger partial charge in [0, 0.05) is 15.4 Å². The second-order valence-corrected chi connectivity index (χ2v) is 8.16. The molecule has 0 aromatic heterocycles. The summed E-state index contributed by atoms with van der Waals surface area (Å²) in [7, 11) is 4.25. The summed E-state index contributed by atoms with van der Waals surface area (Å²) < 4.78 is 7.72. The predicted octanol–water partition coefficient (Wildman–Crippen LogP) is 4.62. The van der Waals surface area contributed by atoms with Crippen LogP contribution in [0.25, 0.3) is 10.8 Å². The first-order chi connectivity index (χ1) is 12.4. The SMILES string of the molecule is C[N+](C)(Cc1ccccc1Br)CC(O)COc1cccc2ccccc12. The molecule has 1 atom stereocenters. The van der Waals surface area contributed by atoms with Gasteiger partial charge < -0.3 is 14.3 Å². The van der Waals surface area contributed by atoms with Crippen molar-refractivity contribution in [3.63, 3.8) is 0 Å². The van der Waals surface area contributed by atoms with Gasteiger partial charge in [-0.1, -0.05) is 70.5 Å². The van der Waals surface area contributed by atoms with E-state index in [1.54, 1.807) is 0 Å². The van der Waals surface area contributed by atoms with Crippen molar-refractivity contribution >= 4 is 26.7 Å². The molecule has 3 aromatic rings. The molecule has 1 N–H and O–H groups in total. The smallest absolute Gasteiger partial charge is 0.137 e. The highest BCUT2D eigenvalue weighted by Gasteiger charge is 2.22. The van der Waals surface area contributed by atoms with Crippen LogP contribution in [0, 0.1) is 0 Å². The van der Waals surface area contributed by atoms with Gasteiger partial charge in [0.05, 0.1) is 14.1 Å². The monoisotopic (exact) mass is 414 g/mol. The second-order valence-electron chi connectivity index (χ2n) is 7.31. The molecule has 0 aliphatic heterocycles. The van der Waals surface area contributed by atoms with E-state index in [9.17, 15) is 5.11 Å². The number of hydrogen-bond donors (Lipinski definition) is 1. The van der Waals surface area contributed by atoms with Gasteiger partial charge in [-0.05, 0) is 17.5 Å². The fourth-order valence-corrected chi connectivity index (χ4v) is 3.69. The molecule has 136 valence electrons. The summed E-state index contributed by atoms with van der Waals surface area (Å²) in [5.74, 6) is 0.818. The average molecular weight is 415 g/mol. The van der Waals surface area contributed by atoms with Crippen LogP contribution in [0.1, 0.15) is 5.56 Å². The van der Waals surface area contributed by atoms with Crippen LogP contribution >= 0.6 is 15.9 Å². The highest BCUT2D eigenvalue weighted by Crippen LogP contribution is 2.25. The van der Waals surface area contributed by atoms with Gasteiger partial charge in [-0.25, -0.2) is 0 Å². The zero-order valence-electron chi connectivity index (χ0n) is 15.2. The Kier molecular flexibility index (Phi) is 5.97. The molecule has 3 aromatic carbocycles. The zero-order valence-corrected chi connectivity index (χ0v) is 16.8. The number of fused-ring (bicyclic) bond motifs is 1. The first-order valence-corrected chi connectivity index (χ1v) is 9.58. The Labute approximate surface area is 163 Å². The maximum atomic E-state index is 10.5. The van der Waals surface area contributed by atoms with Crippen molar-refractivity contribution in [2.24, 2.45) is 0 Å². The molecule has 1 unspecified atom stereocenters. The Balaban J connectivity index is 1.61. The summed E-state index contributed by atoms with van der Waals surface area (Å²) >= 11 is 3.60. The second kappa shape index (κ2) is 8.21. The van der Waals surface area contributed by atoms with Crippen molar-refractivity contribution in [1.29, 1.82) is 0 Å². The minimum absolute atomic E-state index is 0.283. The molecular weight excluding hydrogens is 390 g/mol. The Morgan fingerprint density at radius 3 is 2.46 bits per heavy atom. The number of ether oxygens (including phenoxy) is 1. The molecule has 0 fully saturated rings. The van der Waals surface area contributed by atoms with Crippen molar-refractivity contribution < 1.29 is 14.3 Å². The van der Waals surface area contributed by atoms with Crippen molar-refractivity contribution in [1.82, 2.24) is 0 Å². The van der Waals surface area contributed by atoms with Crippen LogP contribution < -0.4 is 4.74 Å². The fraction of sp³-hybridized carbons (Fsp3) is 0.273. The van der Waals surface area contributed by atoms with Gasteiger partial charge in [0.2, 0.25) is 0 Å². The third-order valence-corrected chi connectivity index (χ3v) is 5.22. The number of aliphatic hydroxyl groups is 1. The number of quaternary nitrogens is 1. The number of halogens is 1. The van der Waals surface area contributed by atoms with E-state index in [4.69, 9.17) is 4.74 Å². The molecule has 0 saturated heterocycles. The van der Waals surface area contributed by atoms with Crippen LogP contribution in [-0.4, -0.2) is 42.9 Å². The highest BCUT2D eigenvalue weighted by molar-refractivity contribution is 9.10. The van der Waals surface area contributed by atoms with Gasteiger partial charge in [-0.15, -0.1) is 0 Å². The van der Waals surface area contributed by atoms with Gasteiger partial charge in [0.1, 0.15) is 31.5 Å². The van der Waals surface area contributed by atoms with E-state index in [0.29, 0.717) is 11.0 Å². The van der Waals surface area contributed by atoms with Crippen molar-refractivity contribution in [3.05, 3.63) is 76.8 Å². The van der Waals surface area contributed by atoms with Gasteiger partial charge in [0.15, 0.2) is 0 Å². The summed E-state index contributed by atoms with van der Waals surface area (Å²) in [5.41, 5.74) is 1.24. The minimum Gasteiger partial charge on any atom is -0.490 e. The molecule has 0 heterocycles. The standard InChI is InChI=1S/C22H25BrNO2/c1-24(2,14-18-9-4-6-12-21(18)23)15-19(25)16-26-22-13-7-10-17-8-3-5-11-20(17)22/h3-13,19,25H,14-16H2,1-2H3/q+1. The van der Waals surface area contributed by atoms with Crippen LogP contribution in [0.5, 0.6) is 5.75 Å². The van der Waals surface area contributed by atoms with Crippen LogP contribution in [0.15, 0.2) is 71.2 Å². The molecule has 0 spiro atoms. The van der Waals surface area contributed by atoms with E-state index < -0.39 is 6.10 Å². The predicted molar refractivity (Wildman–Crippen MR) is 110 cm³/mol. The molecule has 26 heavy (non-hydrogen) atoms. The average Bonchev–Trinajstić information content (AvgIpc) is 2.61. The number of benzene rings is 3. The maximum absolute atomic E-state index is 10.5. The van der Waals surface area contributed by atoms with Crippen molar-refractivity contribution in [3.8, 4) is 5.75 Å². The Morgan fingerprint density at radius 1 is 0.962 bits per heavy atom. The molecule has 0 aliphatic carbocycles. The number of rotatable bonds is 7. The van der Waals surface area contributed by atoms with Crippen molar-refractivity contribution in [2.45, 2.75) is 12.6 Å². The first-order valence-electron chi connectivity index (χ1n) is 8.79. The number of hydrogen-bond acceptors (Lipinski definition) is 2. The summed E-state index contributed by atoms with van der Waals surface area (Å²) in [5, 5.41) is 12.7. The lowest BCUT2D eigenvalue weighted by molar-refractivity contribution is -0.906.